The van der Waals surface area contributed by atoms with E-state index in [1.807, 2.05) is 0 Å². The maximum atomic E-state index is 6.30. The number of nitrogens with one attached hydrogen (secondary N) is 1. The van der Waals surface area contributed by atoms with Crippen molar-refractivity contribution in [3.8, 4) is 0 Å². The lowest BCUT2D eigenvalue weighted by Crippen LogP contribution is -2.30. The molecular formula is C16H23ClIN. The molecule has 0 aromatic heterocycles. The van der Waals surface area contributed by atoms with E-state index >= 15 is 0 Å². The predicted octanol–water partition coefficient (Wildman–Crippen LogP) is 5.57. The summed E-state index contributed by atoms with van der Waals surface area (Å²) in [5, 5.41) is 4.63. The summed E-state index contributed by atoms with van der Waals surface area (Å²) in [6.07, 6.45) is 8.06. The summed E-state index contributed by atoms with van der Waals surface area (Å²) in [4.78, 5) is 0. The Bertz CT molecular complexity index is 402. The second-order valence-corrected chi connectivity index (χ2v) is 7.07. The van der Waals surface area contributed by atoms with Crippen LogP contribution in [0.5, 0.6) is 0 Å². The van der Waals surface area contributed by atoms with Crippen LogP contribution in [0.3, 0.4) is 0 Å². The zero-order valence-electron chi connectivity index (χ0n) is 11.6. The van der Waals surface area contributed by atoms with E-state index in [9.17, 15) is 0 Å². The van der Waals surface area contributed by atoms with Gasteiger partial charge in [0.15, 0.2) is 0 Å². The van der Waals surface area contributed by atoms with Crippen LogP contribution in [-0.2, 0) is 0 Å². The van der Waals surface area contributed by atoms with Gasteiger partial charge in [-0.2, -0.15) is 0 Å². The van der Waals surface area contributed by atoms with Crippen molar-refractivity contribution >= 4 is 34.2 Å². The van der Waals surface area contributed by atoms with Crippen LogP contribution >= 0.6 is 34.2 Å². The first-order valence-corrected chi connectivity index (χ1v) is 8.86. The van der Waals surface area contributed by atoms with Crippen LogP contribution in [0, 0.1) is 9.49 Å². The van der Waals surface area contributed by atoms with Gasteiger partial charge in [0.2, 0.25) is 0 Å². The maximum Gasteiger partial charge on any atom is 0.0542 e. The predicted molar refractivity (Wildman–Crippen MR) is 91.8 cm³/mol. The van der Waals surface area contributed by atoms with E-state index in [1.54, 1.807) is 0 Å². The quantitative estimate of drug-likeness (QED) is 0.647. The summed E-state index contributed by atoms with van der Waals surface area (Å²) in [6, 6.07) is 7.03. The largest absolute Gasteiger partial charge is 0.310 e. The highest BCUT2D eigenvalue weighted by Gasteiger charge is 2.24. The molecule has 3 heteroatoms. The minimum Gasteiger partial charge on any atom is -0.310 e. The van der Waals surface area contributed by atoms with Crippen LogP contribution < -0.4 is 5.32 Å². The SMILES string of the molecule is CCCNC(c1ccc(I)c(Cl)c1)C1CCCCC1. The molecule has 1 aromatic rings. The topological polar surface area (TPSA) is 12.0 Å². The summed E-state index contributed by atoms with van der Waals surface area (Å²) >= 11 is 8.59. The molecule has 0 radical (unpaired) electrons. The Morgan fingerprint density at radius 3 is 2.68 bits per heavy atom. The van der Waals surface area contributed by atoms with E-state index in [1.165, 1.54) is 44.1 Å². The molecule has 1 N–H and O–H groups in total. The molecule has 1 saturated carbocycles. The standard InChI is InChI=1S/C16H23ClIN/c1-2-10-19-16(12-6-4-3-5-7-12)13-8-9-15(18)14(17)11-13/h8-9,11-12,16,19H,2-7,10H2,1H3. The molecule has 1 unspecified atom stereocenters. The molecule has 1 aromatic carbocycles. The average molecular weight is 392 g/mol. The van der Waals surface area contributed by atoms with Crippen molar-refractivity contribution in [3.63, 3.8) is 0 Å². The Morgan fingerprint density at radius 1 is 1.32 bits per heavy atom. The highest BCUT2D eigenvalue weighted by atomic mass is 127. The van der Waals surface area contributed by atoms with Gasteiger partial charge >= 0.3 is 0 Å². The molecule has 1 aliphatic carbocycles. The molecule has 0 aliphatic heterocycles. The van der Waals surface area contributed by atoms with Crippen molar-refractivity contribution in [1.82, 2.24) is 5.32 Å². The number of hydrogen-bond acceptors (Lipinski definition) is 1. The van der Waals surface area contributed by atoms with E-state index in [4.69, 9.17) is 11.6 Å². The fraction of sp³-hybridized carbons (Fsp3) is 0.625. The number of rotatable bonds is 5. The summed E-state index contributed by atoms with van der Waals surface area (Å²) in [7, 11) is 0. The van der Waals surface area contributed by atoms with E-state index < -0.39 is 0 Å². The molecule has 0 amide bonds. The molecule has 2 rings (SSSR count). The van der Waals surface area contributed by atoms with E-state index in [-0.39, 0.29) is 0 Å². The van der Waals surface area contributed by atoms with Crippen LogP contribution in [0.1, 0.15) is 57.1 Å². The van der Waals surface area contributed by atoms with Crippen LogP contribution in [-0.4, -0.2) is 6.54 Å². The third kappa shape index (κ3) is 4.33. The van der Waals surface area contributed by atoms with Crippen molar-refractivity contribution in [3.05, 3.63) is 32.4 Å². The first-order chi connectivity index (χ1) is 9.22. The molecule has 0 heterocycles. The second kappa shape index (κ2) is 7.84. The van der Waals surface area contributed by atoms with Crippen LogP contribution in [0.2, 0.25) is 5.02 Å². The number of hydrogen-bond donors (Lipinski definition) is 1. The highest BCUT2D eigenvalue weighted by molar-refractivity contribution is 14.1. The maximum absolute atomic E-state index is 6.30. The molecule has 1 nitrogen and oxygen atoms in total. The van der Waals surface area contributed by atoms with Crippen LogP contribution in [0.4, 0.5) is 0 Å². The smallest absolute Gasteiger partial charge is 0.0542 e. The Balaban J connectivity index is 2.17. The minimum atomic E-state index is 0.481. The van der Waals surface area contributed by atoms with Crippen LogP contribution in [0.15, 0.2) is 18.2 Å². The molecule has 0 spiro atoms. The number of halogens is 2. The van der Waals surface area contributed by atoms with Gasteiger partial charge in [-0.15, -0.1) is 0 Å². The number of benzene rings is 1. The molecule has 1 aliphatic rings. The lowest BCUT2D eigenvalue weighted by Gasteiger charge is -2.31. The molecule has 0 bridgehead atoms. The molecule has 0 saturated heterocycles. The first kappa shape index (κ1) is 15.6. The van der Waals surface area contributed by atoms with Gasteiger partial charge in [-0.05, 0) is 72.0 Å². The summed E-state index contributed by atoms with van der Waals surface area (Å²) in [6.45, 7) is 3.32. The monoisotopic (exact) mass is 391 g/mol. The van der Waals surface area contributed by atoms with Gasteiger partial charge in [0, 0.05) is 9.61 Å². The van der Waals surface area contributed by atoms with Crippen molar-refractivity contribution in [2.75, 3.05) is 6.54 Å². The Morgan fingerprint density at radius 2 is 2.05 bits per heavy atom. The fourth-order valence-corrected chi connectivity index (χ4v) is 3.55. The van der Waals surface area contributed by atoms with Crippen molar-refractivity contribution in [1.29, 1.82) is 0 Å². The lowest BCUT2D eigenvalue weighted by atomic mass is 9.81. The van der Waals surface area contributed by atoms with Crippen LogP contribution in [0.25, 0.3) is 0 Å². The Kier molecular flexibility index (Phi) is 6.43. The Hall–Kier alpha value is 0.200. The molecule has 1 atom stereocenters. The Labute approximate surface area is 135 Å². The van der Waals surface area contributed by atoms with Crippen molar-refractivity contribution < 1.29 is 0 Å². The van der Waals surface area contributed by atoms with Gasteiger partial charge in [-0.3, -0.25) is 0 Å². The van der Waals surface area contributed by atoms with Gasteiger partial charge in [0.05, 0.1) is 5.02 Å². The zero-order chi connectivity index (χ0) is 13.7. The normalized spacial score (nSPS) is 18.5. The van der Waals surface area contributed by atoms with Gasteiger partial charge in [0.1, 0.15) is 0 Å². The van der Waals surface area contributed by atoms with Gasteiger partial charge in [0.25, 0.3) is 0 Å². The van der Waals surface area contributed by atoms with E-state index in [2.05, 4.69) is 53.0 Å². The molecule has 106 valence electrons. The van der Waals surface area contributed by atoms with E-state index in [0.717, 1.165) is 21.1 Å². The molecule has 19 heavy (non-hydrogen) atoms. The second-order valence-electron chi connectivity index (χ2n) is 5.50. The third-order valence-electron chi connectivity index (χ3n) is 4.04. The minimum absolute atomic E-state index is 0.481. The highest BCUT2D eigenvalue weighted by Crippen LogP contribution is 2.35. The molecule has 1 fully saturated rings. The summed E-state index contributed by atoms with van der Waals surface area (Å²) in [5.74, 6) is 0.774. The van der Waals surface area contributed by atoms with E-state index in [0.29, 0.717) is 6.04 Å². The van der Waals surface area contributed by atoms with Crippen molar-refractivity contribution in [2.45, 2.75) is 51.5 Å². The zero-order valence-corrected chi connectivity index (χ0v) is 14.5. The van der Waals surface area contributed by atoms with Gasteiger partial charge in [-0.25, -0.2) is 0 Å². The summed E-state index contributed by atoms with van der Waals surface area (Å²) < 4.78 is 1.14. The van der Waals surface area contributed by atoms with Crippen molar-refractivity contribution in [2.24, 2.45) is 5.92 Å². The van der Waals surface area contributed by atoms with Gasteiger partial charge < -0.3 is 5.32 Å². The lowest BCUT2D eigenvalue weighted by molar-refractivity contribution is 0.272. The third-order valence-corrected chi connectivity index (χ3v) is 5.61. The summed E-state index contributed by atoms with van der Waals surface area (Å²) in [5.41, 5.74) is 1.37. The first-order valence-electron chi connectivity index (χ1n) is 7.40. The molecular weight excluding hydrogens is 369 g/mol. The fourth-order valence-electron chi connectivity index (χ4n) is 3.03. The average Bonchev–Trinajstić information content (AvgIpc) is 2.44. The van der Waals surface area contributed by atoms with Gasteiger partial charge in [-0.1, -0.05) is 43.9 Å².